The summed E-state index contributed by atoms with van der Waals surface area (Å²) in [4.78, 5) is 12.3. The zero-order valence-electron chi connectivity index (χ0n) is 19.0. The van der Waals surface area contributed by atoms with Gasteiger partial charge in [0, 0.05) is 5.56 Å². The van der Waals surface area contributed by atoms with Crippen LogP contribution in [0.3, 0.4) is 0 Å². The van der Waals surface area contributed by atoms with Crippen LogP contribution in [0.4, 0.5) is 0 Å². The summed E-state index contributed by atoms with van der Waals surface area (Å²) in [6.45, 7) is 4.75. The van der Waals surface area contributed by atoms with Gasteiger partial charge in [-0.2, -0.15) is 5.10 Å². The zero-order valence-corrected chi connectivity index (χ0v) is 20.6. The van der Waals surface area contributed by atoms with E-state index >= 15 is 0 Å². The van der Waals surface area contributed by atoms with E-state index in [0.717, 1.165) is 26.5 Å². The van der Waals surface area contributed by atoms with E-state index < -0.39 is 0 Å². The Morgan fingerprint density at radius 3 is 2.62 bits per heavy atom. The molecule has 0 aliphatic rings. The fraction of sp³-hybridized carbons (Fsp3) is 0.143. The first kappa shape index (κ1) is 23.5. The van der Waals surface area contributed by atoms with Crippen molar-refractivity contribution < 1.29 is 14.3 Å². The largest absolute Gasteiger partial charge is 0.490 e. The van der Waals surface area contributed by atoms with Crippen LogP contribution in [0.5, 0.6) is 11.5 Å². The van der Waals surface area contributed by atoms with E-state index in [1.165, 1.54) is 5.39 Å². The van der Waals surface area contributed by atoms with Crippen LogP contribution in [0.15, 0.2) is 88.4 Å². The number of carbonyl (C=O) groups is 1. The van der Waals surface area contributed by atoms with Crippen molar-refractivity contribution in [2.75, 3.05) is 6.61 Å². The molecule has 0 saturated heterocycles. The number of nitrogens with zero attached hydrogens (tertiary/aromatic N) is 1. The van der Waals surface area contributed by atoms with Crippen molar-refractivity contribution in [2.24, 2.45) is 5.10 Å². The molecular formula is C28H25BrN2O3. The minimum atomic E-state index is -0.265. The van der Waals surface area contributed by atoms with Gasteiger partial charge in [-0.05, 0) is 75.9 Å². The van der Waals surface area contributed by atoms with Crippen LogP contribution in [-0.2, 0) is 6.61 Å². The second-order valence-electron chi connectivity index (χ2n) is 7.76. The van der Waals surface area contributed by atoms with Gasteiger partial charge in [-0.15, -0.1) is 0 Å². The quantitative estimate of drug-likeness (QED) is 0.210. The summed E-state index contributed by atoms with van der Waals surface area (Å²) in [6.07, 6.45) is 1.58. The van der Waals surface area contributed by atoms with E-state index in [0.29, 0.717) is 30.3 Å². The molecule has 4 aromatic carbocycles. The molecule has 0 aromatic heterocycles. The molecule has 1 N–H and O–H groups in total. The van der Waals surface area contributed by atoms with E-state index in [-0.39, 0.29) is 5.91 Å². The maximum Gasteiger partial charge on any atom is 0.271 e. The summed E-state index contributed by atoms with van der Waals surface area (Å²) in [6, 6.07) is 25.5. The van der Waals surface area contributed by atoms with Crippen molar-refractivity contribution in [1.29, 1.82) is 0 Å². The lowest BCUT2D eigenvalue weighted by Crippen LogP contribution is -2.17. The zero-order chi connectivity index (χ0) is 23.9. The lowest BCUT2D eigenvalue weighted by atomic mass is 10.1. The van der Waals surface area contributed by atoms with Gasteiger partial charge in [0.25, 0.3) is 5.91 Å². The Kier molecular flexibility index (Phi) is 7.60. The maximum atomic E-state index is 12.3. The van der Waals surface area contributed by atoms with Gasteiger partial charge in [-0.25, -0.2) is 5.43 Å². The average molecular weight is 517 g/mol. The molecular weight excluding hydrogens is 492 g/mol. The predicted molar refractivity (Wildman–Crippen MR) is 140 cm³/mol. The molecule has 0 aliphatic carbocycles. The first-order chi connectivity index (χ1) is 16.5. The van der Waals surface area contributed by atoms with Crippen LogP contribution in [0, 0.1) is 6.92 Å². The Balaban J connectivity index is 1.51. The van der Waals surface area contributed by atoms with Crippen molar-refractivity contribution in [2.45, 2.75) is 20.5 Å². The van der Waals surface area contributed by atoms with Crippen molar-refractivity contribution >= 4 is 38.8 Å². The minimum absolute atomic E-state index is 0.265. The molecule has 0 atom stereocenters. The molecule has 172 valence electrons. The molecule has 4 rings (SSSR count). The molecule has 1 amide bonds. The van der Waals surface area contributed by atoms with Crippen LogP contribution in [0.1, 0.15) is 34.0 Å². The van der Waals surface area contributed by atoms with Crippen LogP contribution in [-0.4, -0.2) is 18.7 Å². The molecule has 0 fully saturated rings. The van der Waals surface area contributed by atoms with Gasteiger partial charge in [0.1, 0.15) is 6.61 Å². The maximum absolute atomic E-state index is 12.3. The molecule has 0 heterocycles. The molecule has 5 nitrogen and oxygen atoms in total. The number of nitrogens with one attached hydrogen (secondary N) is 1. The van der Waals surface area contributed by atoms with Crippen LogP contribution < -0.4 is 14.9 Å². The van der Waals surface area contributed by atoms with E-state index in [2.05, 4.69) is 50.7 Å². The SMILES string of the molecule is CCOc1cc(/C=N/NC(=O)c2cccc(C)c2)cc(Br)c1OCc1cccc2ccccc12. The van der Waals surface area contributed by atoms with Crippen molar-refractivity contribution in [3.63, 3.8) is 0 Å². The van der Waals surface area contributed by atoms with Gasteiger partial charge in [0.05, 0.1) is 17.3 Å². The van der Waals surface area contributed by atoms with E-state index in [1.54, 1.807) is 12.3 Å². The normalized spacial score (nSPS) is 11.0. The number of halogens is 1. The predicted octanol–water partition coefficient (Wildman–Crippen LogP) is 6.65. The van der Waals surface area contributed by atoms with Gasteiger partial charge in [-0.3, -0.25) is 4.79 Å². The number of carbonyl (C=O) groups excluding carboxylic acids is 1. The third-order valence-corrected chi connectivity index (χ3v) is 5.83. The molecule has 0 radical (unpaired) electrons. The fourth-order valence-corrected chi connectivity index (χ4v) is 4.22. The van der Waals surface area contributed by atoms with Crippen LogP contribution >= 0.6 is 15.9 Å². The first-order valence-electron chi connectivity index (χ1n) is 11.0. The van der Waals surface area contributed by atoms with E-state index in [9.17, 15) is 4.79 Å². The standard InChI is InChI=1S/C28H25BrN2O3/c1-3-33-26-16-20(17-30-31-28(32)22-11-6-8-19(2)14-22)15-25(29)27(26)34-18-23-12-7-10-21-9-4-5-13-24(21)23/h4-17H,3,18H2,1-2H3,(H,31,32)/b30-17+. The molecule has 4 aromatic rings. The molecule has 0 spiro atoms. The first-order valence-corrected chi connectivity index (χ1v) is 11.8. The molecule has 0 saturated carbocycles. The topological polar surface area (TPSA) is 59.9 Å². The summed E-state index contributed by atoms with van der Waals surface area (Å²) < 4.78 is 12.8. The number of ether oxygens (including phenoxy) is 2. The molecule has 0 aliphatic heterocycles. The molecule has 0 unspecified atom stereocenters. The van der Waals surface area contributed by atoms with E-state index in [4.69, 9.17) is 9.47 Å². The minimum Gasteiger partial charge on any atom is -0.490 e. The third-order valence-electron chi connectivity index (χ3n) is 5.24. The second kappa shape index (κ2) is 11.0. The number of hydrogen-bond donors (Lipinski definition) is 1. The van der Waals surface area contributed by atoms with Gasteiger partial charge >= 0.3 is 0 Å². The lowest BCUT2D eigenvalue weighted by molar-refractivity contribution is 0.0955. The summed E-state index contributed by atoms with van der Waals surface area (Å²) in [5, 5.41) is 6.44. The summed E-state index contributed by atoms with van der Waals surface area (Å²) in [5.41, 5.74) is 6.00. The number of benzene rings is 4. The van der Waals surface area contributed by atoms with Crippen molar-refractivity contribution in [1.82, 2.24) is 5.43 Å². The summed E-state index contributed by atoms with van der Waals surface area (Å²) >= 11 is 3.60. The third kappa shape index (κ3) is 5.64. The lowest BCUT2D eigenvalue weighted by Gasteiger charge is -2.15. The average Bonchev–Trinajstić information content (AvgIpc) is 2.84. The van der Waals surface area contributed by atoms with Crippen molar-refractivity contribution in [3.05, 3.63) is 106 Å². The van der Waals surface area contributed by atoms with Gasteiger partial charge in [0.15, 0.2) is 11.5 Å². The highest BCUT2D eigenvalue weighted by molar-refractivity contribution is 9.10. The highest BCUT2D eigenvalue weighted by atomic mass is 79.9. The van der Waals surface area contributed by atoms with Crippen LogP contribution in [0.25, 0.3) is 10.8 Å². The number of hydrogen-bond acceptors (Lipinski definition) is 4. The monoisotopic (exact) mass is 516 g/mol. The Morgan fingerprint density at radius 1 is 1.00 bits per heavy atom. The number of fused-ring (bicyclic) bond motifs is 1. The van der Waals surface area contributed by atoms with Gasteiger partial charge in [-0.1, -0.05) is 60.2 Å². The summed E-state index contributed by atoms with van der Waals surface area (Å²) in [5.74, 6) is 0.957. The Bertz CT molecular complexity index is 1350. The summed E-state index contributed by atoms with van der Waals surface area (Å²) in [7, 11) is 0. The highest BCUT2D eigenvalue weighted by Crippen LogP contribution is 2.37. The smallest absolute Gasteiger partial charge is 0.271 e. The molecule has 6 heteroatoms. The number of aryl methyl sites for hydroxylation is 1. The highest BCUT2D eigenvalue weighted by Gasteiger charge is 2.13. The number of rotatable bonds is 8. The second-order valence-corrected chi connectivity index (χ2v) is 8.61. The fourth-order valence-electron chi connectivity index (χ4n) is 3.65. The van der Waals surface area contributed by atoms with E-state index in [1.807, 2.05) is 62.4 Å². The molecule has 34 heavy (non-hydrogen) atoms. The number of hydrazone groups is 1. The Labute approximate surface area is 207 Å². The number of amides is 1. The van der Waals surface area contributed by atoms with Gasteiger partial charge in [0.2, 0.25) is 0 Å². The Hall–Kier alpha value is -3.64. The molecule has 0 bridgehead atoms. The Morgan fingerprint density at radius 2 is 1.79 bits per heavy atom. The van der Waals surface area contributed by atoms with Gasteiger partial charge < -0.3 is 9.47 Å². The van der Waals surface area contributed by atoms with Crippen molar-refractivity contribution in [3.8, 4) is 11.5 Å². The van der Waals surface area contributed by atoms with Crippen LogP contribution in [0.2, 0.25) is 0 Å².